The molecule has 0 nitrogen and oxygen atoms in total. The summed E-state index contributed by atoms with van der Waals surface area (Å²) in [5.74, 6) is 3.05. The summed E-state index contributed by atoms with van der Waals surface area (Å²) in [4.78, 5) is 0. The summed E-state index contributed by atoms with van der Waals surface area (Å²) < 4.78 is 0. The van der Waals surface area contributed by atoms with E-state index in [-0.39, 0.29) is 0 Å². The van der Waals surface area contributed by atoms with Gasteiger partial charge in [0.15, 0.2) is 0 Å². The van der Waals surface area contributed by atoms with Crippen molar-refractivity contribution < 1.29 is 0 Å². The second-order valence-electron chi connectivity index (χ2n) is 7.67. The first-order valence-electron chi connectivity index (χ1n) is 8.49. The molecule has 0 saturated heterocycles. The van der Waals surface area contributed by atoms with Crippen LogP contribution in [0.4, 0.5) is 0 Å². The van der Waals surface area contributed by atoms with Gasteiger partial charge in [-0.25, -0.2) is 0 Å². The Hall–Kier alpha value is 0.0649. The molecule has 1 unspecified atom stereocenters. The quantitative estimate of drug-likeness (QED) is 0.436. The Morgan fingerprint density at radius 2 is 1.56 bits per heavy atom. The molecule has 0 bridgehead atoms. The maximum atomic E-state index is 2.44. The molecule has 0 aromatic rings. The predicted octanol–water partition coefficient (Wildman–Crippen LogP) is 5.09. The smallest absolute Gasteiger partial charge is 0.0811 e. The molecule has 18 heavy (non-hydrogen) atoms. The zero-order valence-corrected chi connectivity index (χ0v) is 13.6. The van der Waals surface area contributed by atoms with Crippen molar-refractivity contribution in [1.82, 2.24) is 0 Å². The molecule has 0 aromatic carbocycles. The molecule has 1 rings (SSSR count). The van der Waals surface area contributed by atoms with E-state index in [2.05, 4.69) is 35.5 Å². The van der Waals surface area contributed by atoms with Gasteiger partial charge in [0.1, 0.15) is 7.85 Å². The fraction of sp³-hybridized carbons (Fsp3) is 1.00. The van der Waals surface area contributed by atoms with Crippen LogP contribution in [0.15, 0.2) is 0 Å². The minimum Gasteiger partial charge on any atom is -0.0811 e. The van der Waals surface area contributed by atoms with Crippen LogP contribution in [0.1, 0.15) is 79.1 Å². The number of rotatable bonds is 7. The van der Waals surface area contributed by atoms with Crippen LogP contribution in [0.25, 0.3) is 0 Å². The van der Waals surface area contributed by atoms with Gasteiger partial charge in [-0.1, -0.05) is 72.5 Å². The maximum absolute atomic E-state index is 2.44. The lowest BCUT2D eigenvalue weighted by Crippen LogP contribution is -2.17. The topological polar surface area (TPSA) is 0 Å². The summed E-state index contributed by atoms with van der Waals surface area (Å²) >= 11 is 0. The summed E-state index contributed by atoms with van der Waals surface area (Å²) in [7, 11) is 2.30. The predicted molar refractivity (Wildman–Crippen MR) is 85.9 cm³/mol. The monoisotopic (exact) mass is 250 g/mol. The Kier molecular flexibility index (Phi) is 6.81. The van der Waals surface area contributed by atoms with E-state index in [9.17, 15) is 0 Å². The lowest BCUT2D eigenvalue weighted by Gasteiger charge is -2.27. The molecule has 0 aliphatic heterocycles. The molecule has 1 saturated carbocycles. The molecule has 1 aliphatic carbocycles. The second-order valence-corrected chi connectivity index (χ2v) is 7.67. The van der Waals surface area contributed by atoms with E-state index in [4.69, 9.17) is 0 Å². The molecule has 0 aromatic heterocycles. The van der Waals surface area contributed by atoms with Crippen molar-refractivity contribution in [2.24, 2.45) is 23.2 Å². The summed E-state index contributed by atoms with van der Waals surface area (Å²) in [6, 6.07) is 0. The lowest BCUT2D eigenvalue weighted by atomic mass is 9.79. The zero-order chi connectivity index (χ0) is 13.6. The van der Waals surface area contributed by atoms with Gasteiger partial charge in [0.25, 0.3) is 0 Å². The minimum absolute atomic E-state index is 0.532. The second kappa shape index (κ2) is 7.60. The van der Waals surface area contributed by atoms with Crippen LogP contribution in [0.5, 0.6) is 0 Å². The number of unbranched alkanes of at least 4 members (excludes halogenated alkanes) is 3. The van der Waals surface area contributed by atoms with Crippen LogP contribution in [-0.4, -0.2) is 7.85 Å². The van der Waals surface area contributed by atoms with Gasteiger partial charge in [-0.15, -0.1) is 0 Å². The molecule has 0 radical (unpaired) electrons. The largest absolute Gasteiger partial charge is 0.101 e. The van der Waals surface area contributed by atoms with Crippen molar-refractivity contribution in [1.29, 1.82) is 0 Å². The molecule has 0 heterocycles. The van der Waals surface area contributed by atoms with Crippen molar-refractivity contribution in [2.75, 3.05) is 0 Å². The zero-order valence-electron chi connectivity index (χ0n) is 13.6. The van der Waals surface area contributed by atoms with Crippen molar-refractivity contribution in [3.05, 3.63) is 0 Å². The molecule has 1 heteroatoms. The van der Waals surface area contributed by atoms with Gasteiger partial charge in [0.05, 0.1) is 0 Å². The Labute approximate surface area is 117 Å². The van der Waals surface area contributed by atoms with Gasteiger partial charge >= 0.3 is 0 Å². The maximum Gasteiger partial charge on any atom is 0.101 e. The molecule has 106 valence electrons. The highest BCUT2D eigenvalue weighted by atomic mass is 14.4. The van der Waals surface area contributed by atoms with Gasteiger partial charge < -0.3 is 0 Å². The van der Waals surface area contributed by atoms with E-state index >= 15 is 0 Å². The minimum atomic E-state index is 0.532. The van der Waals surface area contributed by atoms with E-state index in [1.54, 1.807) is 0 Å². The van der Waals surface area contributed by atoms with Crippen LogP contribution >= 0.6 is 0 Å². The SMILES string of the molecule is BCCCCCC[C@H]1C[C@@H](C(C)(C)C)CC1CC. The van der Waals surface area contributed by atoms with Gasteiger partial charge in [-0.05, 0) is 36.0 Å². The number of hydrogen-bond donors (Lipinski definition) is 0. The highest BCUT2D eigenvalue weighted by Crippen LogP contribution is 2.48. The van der Waals surface area contributed by atoms with Crippen LogP contribution in [0, 0.1) is 23.2 Å². The van der Waals surface area contributed by atoms with E-state index in [0.29, 0.717) is 5.41 Å². The highest BCUT2D eigenvalue weighted by molar-refractivity contribution is 6.08. The third kappa shape index (κ3) is 4.98. The Balaban J connectivity index is 2.31. The molecule has 1 aliphatic rings. The van der Waals surface area contributed by atoms with E-state index in [1.807, 2.05) is 0 Å². The first kappa shape index (κ1) is 16.1. The van der Waals surface area contributed by atoms with Crippen LogP contribution in [-0.2, 0) is 0 Å². The van der Waals surface area contributed by atoms with Gasteiger partial charge in [0, 0.05) is 0 Å². The van der Waals surface area contributed by atoms with E-state index < -0.39 is 0 Å². The summed E-state index contributed by atoms with van der Waals surface area (Å²) in [5, 5.41) is 0. The molecule has 3 atom stereocenters. The van der Waals surface area contributed by atoms with Crippen LogP contribution in [0.3, 0.4) is 0 Å². The molecular weight excluding hydrogens is 215 g/mol. The van der Waals surface area contributed by atoms with Gasteiger partial charge in [0.2, 0.25) is 0 Å². The summed E-state index contributed by atoms with van der Waals surface area (Å²) in [5.41, 5.74) is 0.532. The summed E-state index contributed by atoms with van der Waals surface area (Å²) in [6.07, 6.45) is 13.2. The Bertz CT molecular complexity index is 216. The van der Waals surface area contributed by atoms with Gasteiger partial charge in [-0.2, -0.15) is 0 Å². The van der Waals surface area contributed by atoms with Crippen molar-refractivity contribution in [2.45, 2.75) is 85.4 Å². The highest BCUT2D eigenvalue weighted by Gasteiger charge is 2.38. The fourth-order valence-electron chi connectivity index (χ4n) is 3.78. The third-order valence-electron chi connectivity index (χ3n) is 5.27. The normalized spacial score (nSPS) is 28.8. The van der Waals surface area contributed by atoms with E-state index in [1.165, 1.54) is 57.7 Å². The average Bonchev–Trinajstić information content (AvgIpc) is 2.72. The van der Waals surface area contributed by atoms with Crippen LogP contribution < -0.4 is 0 Å². The Morgan fingerprint density at radius 3 is 2.11 bits per heavy atom. The van der Waals surface area contributed by atoms with Crippen LogP contribution in [0.2, 0.25) is 6.32 Å². The molecule has 1 fully saturated rings. The van der Waals surface area contributed by atoms with E-state index in [0.717, 1.165) is 17.8 Å². The first-order chi connectivity index (χ1) is 8.49. The molecule has 0 spiro atoms. The standard InChI is InChI=1S/C17H35B/c1-5-14-12-16(17(2,3)4)13-15(14)10-8-6-7-9-11-18/h14-16H,5-13,18H2,1-4H3/t14?,15-,16-/m0/s1. The Morgan fingerprint density at radius 1 is 0.944 bits per heavy atom. The van der Waals surface area contributed by atoms with Crippen molar-refractivity contribution >= 4 is 7.85 Å². The first-order valence-corrected chi connectivity index (χ1v) is 8.49. The van der Waals surface area contributed by atoms with Gasteiger partial charge in [-0.3, -0.25) is 0 Å². The molecule has 0 N–H and O–H groups in total. The molecule has 0 amide bonds. The summed E-state index contributed by atoms with van der Waals surface area (Å²) in [6.45, 7) is 9.72. The average molecular weight is 250 g/mol. The lowest BCUT2D eigenvalue weighted by molar-refractivity contribution is 0.235. The van der Waals surface area contributed by atoms with Crippen molar-refractivity contribution in [3.8, 4) is 0 Å². The number of hydrogen-bond acceptors (Lipinski definition) is 0. The fourth-order valence-corrected chi connectivity index (χ4v) is 3.78. The van der Waals surface area contributed by atoms with Crippen molar-refractivity contribution in [3.63, 3.8) is 0 Å². The third-order valence-corrected chi connectivity index (χ3v) is 5.27. The molecular formula is C17H35B.